The molecule has 0 radical (unpaired) electrons. The summed E-state index contributed by atoms with van der Waals surface area (Å²) in [5.74, 6) is -1.45. The summed E-state index contributed by atoms with van der Waals surface area (Å²) >= 11 is 0. The van der Waals surface area contributed by atoms with Gasteiger partial charge in [-0.05, 0) is 29.9 Å². The zero-order valence-corrected chi connectivity index (χ0v) is 10.4. The van der Waals surface area contributed by atoms with Crippen LogP contribution in [0, 0.1) is 5.92 Å². The van der Waals surface area contributed by atoms with Gasteiger partial charge in [-0.15, -0.1) is 0 Å². The van der Waals surface area contributed by atoms with E-state index in [1.165, 1.54) is 0 Å². The Morgan fingerprint density at radius 1 is 1.06 bits per heavy atom. The number of benzene rings is 1. The monoisotopic (exact) mass is 250 g/mol. The van der Waals surface area contributed by atoms with E-state index in [1.807, 2.05) is 31.2 Å². The van der Waals surface area contributed by atoms with Crippen molar-refractivity contribution in [1.29, 1.82) is 0 Å². The van der Waals surface area contributed by atoms with E-state index in [0.717, 1.165) is 24.0 Å². The van der Waals surface area contributed by atoms with Gasteiger partial charge in [-0.3, -0.25) is 9.59 Å². The predicted octanol–water partition coefficient (Wildman–Crippen LogP) is 2.36. The van der Waals surface area contributed by atoms with Crippen LogP contribution < -0.4 is 0 Å². The van der Waals surface area contributed by atoms with Crippen LogP contribution in [0.4, 0.5) is 0 Å². The summed E-state index contributed by atoms with van der Waals surface area (Å²) in [5.41, 5.74) is 1.89. The van der Waals surface area contributed by atoms with Crippen molar-refractivity contribution in [2.24, 2.45) is 5.92 Å². The molecule has 98 valence electrons. The zero-order valence-electron chi connectivity index (χ0n) is 10.4. The van der Waals surface area contributed by atoms with Crippen LogP contribution >= 0.6 is 0 Å². The molecule has 18 heavy (non-hydrogen) atoms. The Hall–Kier alpha value is -1.84. The molecular formula is C14H18O4. The smallest absolute Gasteiger partial charge is 0.307 e. The van der Waals surface area contributed by atoms with E-state index in [-0.39, 0.29) is 18.8 Å². The minimum Gasteiger partial charge on any atom is -0.481 e. The van der Waals surface area contributed by atoms with Gasteiger partial charge in [0, 0.05) is 6.42 Å². The first-order chi connectivity index (χ1) is 8.47. The van der Waals surface area contributed by atoms with Crippen LogP contribution in [0.15, 0.2) is 24.3 Å². The Kier molecular flexibility index (Phi) is 5.36. The van der Waals surface area contributed by atoms with E-state index in [2.05, 4.69) is 0 Å². The van der Waals surface area contributed by atoms with E-state index in [0.29, 0.717) is 0 Å². The van der Waals surface area contributed by atoms with Crippen molar-refractivity contribution in [2.45, 2.75) is 32.6 Å². The topological polar surface area (TPSA) is 74.6 Å². The standard InChI is InChI=1S/C14H18O4/c1-10(8-13(15)16)2-3-11-4-6-12(7-5-11)9-14(17)18/h4-7,10H,2-3,8-9H2,1H3,(H,15,16)(H,17,18). The summed E-state index contributed by atoms with van der Waals surface area (Å²) in [4.78, 5) is 21.0. The molecule has 0 aliphatic heterocycles. The Bertz CT molecular complexity index is 408. The lowest BCUT2D eigenvalue weighted by atomic mass is 9.97. The van der Waals surface area contributed by atoms with Crippen LogP contribution in [0.1, 0.15) is 30.9 Å². The van der Waals surface area contributed by atoms with Crippen LogP contribution in [-0.4, -0.2) is 22.2 Å². The van der Waals surface area contributed by atoms with Gasteiger partial charge >= 0.3 is 11.9 Å². The van der Waals surface area contributed by atoms with Gasteiger partial charge < -0.3 is 10.2 Å². The van der Waals surface area contributed by atoms with Crippen molar-refractivity contribution in [3.05, 3.63) is 35.4 Å². The SMILES string of the molecule is CC(CCc1ccc(CC(=O)O)cc1)CC(=O)O. The molecule has 1 rings (SSSR count). The van der Waals surface area contributed by atoms with Gasteiger partial charge in [-0.2, -0.15) is 0 Å². The third kappa shape index (κ3) is 5.48. The molecule has 0 heterocycles. The fourth-order valence-corrected chi connectivity index (χ4v) is 1.81. The predicted molar refractivity (Wildman–Crippen MR) is 67.5 cm³/mol. The molecule has 0 spiro atoms. The highest BCUT2D eigenvalue weighted by molar-refractivity contribution is 5.70. The van der Waals surface area contributed by atoms with Crippen LogP contribution in [0.5, 0.6) is 0 Å². The first kappa shape index (κ1) is 14.2. The van der Waals surface area contributed by atoms with Crippen LogP contribution in [0.2, 0.25) is 0 Å². The van der Waals surface area contributed by atoms with E-state index in [1.54, 1.807) is 0 Å². The molecule has 1 unspecified atom stereocenters. The van der Waals surface area contributed by atoms with E-state index >= 15 is 0 Å². The molecule has 0 aliphatic carbocycles. The van der Waals surface area contributed by atoms with Crippen molar-refractivity contribution in [2.75, 3.05) is 0 Å². The molecule has 4 nitrogen and oxygen atoms in total. The summed E-state index contributed by atoms with van der Waals surface area (Å²) < 4.78 is 0. The molecule has 4 heteroatoms. The average molecular weight is 250 g/mol. The van der Waals surface area contributed by atoms with Crippen molar-refractivity contribution >= 4 is 11.9 Å². The van der Waals surface area contributed by atoms with Gasteiger partial charge in [-0.1, -0.05) is 31.2 Å². The highest BCUT2D eigenvalue weighted by Gasteiger charge is 2.07. The molecule has 1 atom stereocenters. The molecule has 0 fully saturated rings. The van der Waals surface area contributed by atoms with Gasteiger partial charge in [-0.25, -0.2) is 0 Å². The third-order valence-electron chi connectivity index (χ3n) is 2.83. The summed E-state index contributed by atoms with van der Waals surface area (Å²) in [7, 11) is 0. The lowest BCUT2D eigenvalue weighted by Crippen LogP contribution is -2.05. The lowest BCUT2D eigenvalue weighted by Gasteiger charge is -2.08. The Morgan fingerprint density at radius 2 is 1.61 bits per heavy atom. The Balaban J connectivity index is 2.43. The summed E-state index contributed by atoms with van der Waals surface area (Å²) in [6.07, 6.45) is 1.87. The molecular weight excluding hydrogens is 232 g/mol. The average Bonchev–Trinajstić information content (AvgIpc) is 2.26. The quantitative estimate of drug-likeness (QED) is 0.779. The molecule has 0 aliphatic rings. The fraction of sp³-hybridized carbons (Fsp3) is 0.429. The van der Waals surface area contributed by atoms with Gasteiger partial charge in [0.2, 0.25) is 0 Å². The largest absolute Gasteiger partial charge is 0.481 e. The van der Waals surface area contributed by atoms with Crippen LogP contribution in [0.3, 0.4) is 0 Å². The number of carbonyl (C=O) groups is 2. The van der Waals surface area contributed by atoms with Crippen LogP contribution in [0.25, 0.3) is 0 Å². The van der Waals surface area contributed by atoms with E-state index in [9.17, 15) is 9.59 Å². The number of carboxylic acid groups (broad SMARTS) is 2. The Labute approximate surface area is 106 Å². The Morgan fingerprint density at radius 3 is 2.11 bits per heavy atom. The zero-order chi connectivity index (χ0) is 13.5. The highest BCUT2D eigenvalue weighted by atomic mass is 16.4. The van der Waals surface area contributed by atoms with Crippen molar-refractivity contribution in [3.8, 4) is 0 Å². The van der Waals surface area contributed by atoms with Crippen LogP contribution in [-0.2, 0) is 22.4 Å². The summed E-state index contributed by atoms with van der Waals surface area (Å²) in [6, 6.07) is 7.44. The minimum absolute atomic E-state index is 0.0374. The minimum atomic E-state index is -0.835. The maximum Gasteiger partial charge on any atom is 0.307 e. The second kappa shape index (κ2) is 6.79. The maximum atomic E-state index is 10.5. The number of carboxylic acids is 2. The number of aliphatic carboxylic acids is 2. The second-order valence-corrected chi connectivity index (χ2v) is 4.63. The van der Waals surface area contributed by atoms with Gasteiger partial charge in [0.15, 0.2) is 0 Å². The molecule has 2 N–H and O–H groups in total. The molecule has 0 saturated heterocycles. The molecule has 0 bridgehead atoms. The van der Waals surface area contributed by atoms with Gasteiger partial charge in [0.05, 0.1) is 6.42 Å². The van der Waals surface area contributed by atoms with Crippen molar-refractivity contribution < 1.29 is 19.8 Å². The normalized spacial score (nSPS) is 12.1. The van der Waals surface area contributed by atoms with Crippen molar-refractivity contribution in [1.82, 2.24) is 0 Å². The van der Waals surface area contributed by atoms with E-state index in [4.69, 9.17) is 10.2 Å². The van der Waals surface area contributed by atoms with E-state index < -0.39 is 11.9 Å². The first-order valence-electron chi connectivity index (χ1n) is 5.98. The molecule has 0 amide bonds. The number of aryl methyl sites for hydroxylation is 1. The number of hydrogen-bond donors (Lipinski definition) is 2. The molecule has 1 aromatic rings. The van der Waals surface area contributed by atoms with Crippen molar-refractivity contribution in [3.63, 3.8) is 0 Å². The maximum absolute atomic E-state index is 10.5. The summed E-state index contributed by atoms with van der Waals surface area (Å²) in [6.45, 7) is 1.92. The van der Waals surface area contributed by atoms with Gasteiger partial charge in [0.25, 0.3) is 0 Å². The van der Waals surface area contributed by atoms with Gasteiger partial charge in [0.1, 0.15) is 0 Å². The number of hydrogen-bond acceptors (Lipinski definition) is 2. The summed E-state index contributed by atoms with van der Waals surface area (Å²) in [5, 5.41) is 17.3. The molecule has 0 aromatic heterocycles. The molecule has 1 aromatic carbocycles. The molecule has 0 saturated carbocycles. The highest BCUT2D eigenvalue weighted by Crippen LogP contribution is 2.13. The third-order valence-corrected chi connectivity index (χ3v) is 2.83. The lowest BCUT2D eigenvalue weighted by molar-refractivity contribution is -0.138. The number of rotatable bonds is 7. The first-order valence-corrected chi connectivity index (χ1v) is 5.98. The second-order valence-electron chi connectivity index (χ2n) is 4.63. The fourth-order valence-electron chi connectivity index (χ4n) is 1.81.